The van der Waals surface area contributed by atoms with E-state index in [1.165, 1.54) is 5.57 Å². The summed E-state index contributed by atoms with van der Waals surface area (Å²) in [6.45, 7) is 1.04. The number of benzene rings is 2. The number of hydrazine groups is 1. The van der Waals surface area contributed by atoms with Crippen molar-refractivity contribution in [2.24, 2.45) is 0 Å². The van der Waals surface area contributed by atoms with Gasteiger partial charge in [0.25, 0.3) is 5.91 Å². The fraction of sp³-hybridized carbons (Fsp3) is 0.125. The first-order valence-corrected chi connectivity index (χ1v) is 10.1. The molecule has 3 heterocycles. The normalized spacial score (nSPS) is 13.8. The molecule has 0 radical (unpaired) electrons. The van der Waals surface area contributed by atoms with E-state index in [1.54, 1.807) is 17.2 Å². The number of nitrogens with zero attached hydrogens (tertiary/aromatic N) is 2. The topological polar surface area (TPSA) is 90.1 Å². The summed E-state index contributed by atoms with van der Waals surface area (Å²) in [5, 5.41) is 3.11. The first-order chi connectivity index (χ1) is 15.2. The molecule has 3 N–H and O–H groups in total. The molecule has 1 aliphatic rings. The average Bonchev–Trinajstić information content (AvgIpc) is 3.26. The van der Waals surface area contributed by atoms with Crippen LogP contribution in [0.25, 0.3) is 27.4 Å². The van der Waals surface area contributed by atoms with Crippen molar-refractivity contribution in [1.29, 1.82) is 0 Å². The van der Waals surface area contributed by atoms with Crippen molar-refractivity contribution in [3.63, 3.8) is 0 Å². The molecule has 2 aromatic carbocycles. The van der Waals surface area contributed by atoms with Crippen molar-refractivity contribution in [1.82, 2.24) is 25.7 Å². The number of rotatable bonds is 2. The van der Waals surface area contributed by atoms with Crippen molar-refractivity contribution in [3.8, 4) is 0 Å². The SMILES string of the molecule is O=C(NNC(=O)N1CC=C(c2c[nH]c3ncccc23)CC1)c1ccc2ccccc2c1. The Morgan fingerprint density at radius 2 is 1.87 bits per heavy atom. The quantitative estimate of drug-likeness (QED) is 0.438. The van der Waals surface area contributed by atoms with E-state index in [9.17, 15) is 9.59 Å². The fourth-order valence-corrected chi connectivity index (χ4v) is 3.91. The zero-order valence-corrected chi connectivity index (χ0v) is 16.8. The average molecular weight is 411 g/mol. The Hall–Kier alpha value is -4.13. The Morgan fingerprint density at radius 1 is 1.00 bits per heavy atom. The van der Waals surface area contributed by atoms with Crippen LogP contribution in [0.2, 0.25) is 0 Å². The lowest BCUT2D eigenvalue weighted by molar-refractivity contribution is 0.0930. The number of aromatic nitrogens is 2. The van der Waals surface area contributed by atoms with Crippen LogP contribution in [0.15, 0.2) is 73.1 Å². The van der Waals surface area contributed by atoms with Crippen molar-refractivity contribution in [2.75, 3.05) is 13.1 Å². The van der Waals surface area contributed by atoms with Crippen LogP contribution in [0, 0.1) is 0 Å². The van der Waals surface area contributed by atoms with Gasteiger partial charge in [-0.2, -0.15) is 0 Å². The molecule has 2 aromatic heterocycles. The lowest BCUT2D eigenvalue weighted by Crippen LogP contribution is -2.49. The molecule has 7 nitrogen and oxygen atoms in total. The van der Waals surface area contributed by atoms with E-state index >= 15 is 0 Å². The molecule has 154 valence electrons. The number of amides is 3. The molecule has 5 rings (SSSR count). The van der Waals surface area contributed by atoms with E-state index in [1.807, 2.05) is 60.8 Å². The van der Waals surface area contributed by atoms with Crippen LogP contribution >= 0.6 is 0 Å². The van der Waals surface area contributed by atoms with Gasteiger partial charge in [0.2, 0.25) is 0 Å². The van der Waals surface area contributed by atoms with Crippen LogP contribution in [-0.4, -0.2) is 39.9 Å². The number of H-pyrrole nitrogens is 1. The van der Waals surface area contributed by atoms with Gasteiger partial charge >= 0.3 is 6.03 Å². The molecule has 0 bridgehead atoms. The molecular weight excluding hydrogens is 390 g/mol. The van der Waals surface area contributed by atoms with Crippen LogP contribution in [0.5, 0.6) is 0 Å². The molecular formula is C24H21N5O2. The Kier molecular flexibility index (Phi) is 4.84. The Balaban J connectivity index is 1.21. The highest BCUT2D eigenvalue weighted by Crippen LogP contribution is 2.28. The predicted molar refractivity (Wildman–Crippen MR) is 120 cm³/mol. The smallest absolute Gasteiger partial charge is 0.336 e. The van der Waals surface area contributed by atoms with Gasteiger partial charge in [-0.1, -0.05) is 36.4 Å². The van der Waals surface area contributed by atoms with Gasteiger partial charge in [-0.25, -0.2) is 15.2 Å². The summed E-state index contributed by atoms with van der Waals surface area (Å²) >= 11 is 0. The Morgan fingerprint density at radius 3 is 2.71 bits per heavy atom. The number of pyridine rings is 1. The van der Waals surface area contributed by atoms with E-state index in [2.05, 4.69) is 20.8 Å². The van der Waals surface area contributed by atoms with Crippen LogP contribution in [-0.2, 0) is 0 Å². The highest BCUT2D eigenvalue weighted by Gasteiger charge is 2.20. The van der Waals surface area contributed by atoms with Gasteiger partial charge in [-0.05, 0) is 47.0 Å². The summed E-state index contributed by atoms with van der Waals surface area (Å²) in [5.74, 6) is -0.348. The molecule has 0 saturated heterocycles. The molecule has 0 atom stereocenters. The van der Waals surface area contributed by atoms with Crippen molar-refractivity contribution >= 4 is 39.3 Å². The molecule has 4 aromatic rings. The van der Waals surface area contributed by atoms with Crippen LogP contribution in [0.3, 0.4) is 0 Å². The minimum Gasteiger partial charge on any atom is -0.346 e. The highest BCUT2D eigenvalue weighted by molar-refractivity contribution is 5.99. The van der Waals surface area contributed by atoms with Crippen LogP contribution < -0.4 is 10.9 Å². The molecule has 0 aliphatic carbocycles. The van der Waals surface area contributed by atoms with E-state index in [4.69, 9.17) is 0 Å². The largest absolute Gasteiger partial charge is 0.346 e. The summed E-state index contributed by atoms with van der Waals surface area (Å²) in [7, 11) is 0. The first kappa shape index (κ1) is 18.9. The van der Waals surface area contributed by atoms with Gasteiger partial charge in [0.15, 0.2) is 0 Å². The van der Waals surface area contributed by atoms with Gasteiger partial charge in [0, 0.05) is 42.0 Å². The predicted octanol–water partition coefficient (Wildman–Crippen LogP) is 3.86. The van der Waals surface area contributed by atoms with Crippen LogP contribution in [0.4, 0.5) is 4.79 Å². The summed E-state index contributed by atoms with van der Waals surface area (Å²) in [4.78, 5) is 34.1. The summed E-state index contributed by atoms with van der Waals surface area (Å²) in [5.41, 5.74) is 8.68. The zero-order chi connectivity index (χ0) is 21.2. The number of hydrogen-bond donors (Lipinski definition) is 3. The summed E-state index contributed by atoms with van der Waals surface area (Å²) < 4.78 is 0. The van der Waals surface area contributed by atoms with E-state index in [0.29, 0.717) is 18.7 Å². The van der Waals surface area contributed by atoms with Gasteiger partial charge in [0.1, 0.15) is 5.65 Å². The molecule has 3 amide bonds. The maximum atomic E-state index is 12.5. The molecule has 0 unspecified atom stereocenters. The van der Waals surface area contributed by atoms with Crippen molar-refractivity contribution < 1.29 is 9.59 Å². The first-order valence-electron chi connectivity index (χ1n) is 10.1. The number of fused-ring (bicyclic) bond motifs is 2. The van der Waals surface area contributed by atoms with E-state index in [0.717, 1.165) is 33.8 Å². The third-order valence-corrected chi connectivity index (χ3v) is 5.59. The van der Waals surface area contributed by atoms with Gasteiger partial charge < -0.3 is 9.88 Å². The van der Waals surface area contributed by atoms with Gasteiger partial charge in [-0.15, -0.1) is 0 Å². The standard InChI is InChI=1S/C24H21N5O2/c30-23(19-8-7-16-4-1-2-5-18(16)14-19)27-28-24(31)29-12-9-17(10-13-29)21-15-26-22-20(21)6-3-11-25-22/h1-9,11,14-15H,10,12-13H2,(H,25,26)(H,27,30)(H,28,31). The highest BCUT2D eigenvalue weighted by atomic mass is 16.2. The Labute approximate surface area is 178 Å². The second kappa shape index (κ2) is 7.95. The second-order valence-corrected chi connectivity index (χ2v) is 7.47. The van der Waals surface area contributed by atoms with Gasteiger partial charge in [-0.3, -0.25) is 10.2 Å². The molecule has 0 fully saturated rings. The number of hydrogen-bond acceptors (Lipinski definition) is 3. The number of urea groups is 1. The second-order valence-electron chi connectivity index (χ2n) is 7.47. The zero-order valence-electron chi connectivity index (χ0n) is 16.8. The number of nitrogens with one attached hydrogen (secondary N) is 3. The van der Waals surface area contributed by atoms with E-state index in [-0.39, 0.29) is 11.9 Å². The lowest BCUT2D eigenvalue weighted by atomic mass is 10.00. The number of carbonyl (C=O) groups excluding carboxylic acids is 2. The third kappa shape index (κ3) is 3.73. The third-order valence-electron chi connectivity index (χ3n) is 5.59. The van der Waals surface area contributed by atoms with Crippen molar-refractivity contribution in [3.05, 3.63) is 84.2 Å². The monoisotopic (exact) mass is 411 g/mol. The van der Waals surface area contributed by atoms with Gasteiger partial charge in [0.05, 0.1) is 0 Å². The maximum absolute atomic E-state index is 12.5. The molecule has 1 aliphatic heterocycles. The van der Waals surface area contributed by atoms with E-state index < -0.39 is 0 Å². The van der Waals surface area contributed by atoms with Crippen molar-refractivity contribution in [2.45, 2.75) is 6.42 Å². The molecule has 0 saturated carbocycles. The summed E-state index contributed by atoms with van der Waals surface area (Å²) in [6, 6.07) is 16.9. The number of carbonyl (C=O) groups is 2. The summed E-state index contributed by atoms with van der Waals surface area (Å²) in [6.07, 6.45) is 6.50. The van der Waals surface area contributed by atoms with Crippen LogP contribution in [0.1, 0.15) is 22.3 Å². The minimum absolute atomic E-state index is 0.329. The fourth-order valence-electron chi connectivity index (χ4n) is 3.91. The lowest BCUT2D eigenvalue weighted by Gasteiger charge is -2.26. The number of aromatic amines is 1. The molecule has 31 heavy (non-hydrogen) atoms. The minimum atomic E-state index is -0.348. The molecule has 7 heteroatoms. The molecule has 0 spiro atoms. The maximum Gasteiger partial charge on any atom is 0.336 e. The Bertz CT molecular complexity index is 1320.